The molecular formula is C19H31N5O3. The van der Waals surface area contributed by atoms with Gasteiger partial charge in [-0.2, -0.15) is 4.98 Å². The van der Waals surface area contributed by atoms with Gasteiger partial charge in [0.15, 0.2) is 0 Å². The molecule has 150 valence electrons. The lowest BCUT2D eigenvalue weighted by Gasteiger charge is -2.37. The van der Waals surface area contributed by atoms with Crippen molar-refractivity contribution in [2.24, 2.45) is 5.73 Å². The number of rotatable bonds is 6. The van der Waals surface area contributed by atoms with Crippen molar-refractivity contribution >= 4 is 17.7 Å². The molecule has 0 aliphatic heterocycles. The fourth-order valence-corrected chi connectivity index (χ4v) is 4.20. The van der Waals surface area contributed by atoms with E-state index in [-0.39, 0.29) is 23.2 Å². The average molecular weight is 377 g/mol. The zero-order valence-corrected chi connectivity index (χ0v) is 16.2. The second-order valence-electron chi connectivity index (χ2n) is 8.11. The summed E-state index contributed by atoms with van der Waals surface area (Å²) >= 11 is 0. The van der Waals surface area contributed by atoms with Gasteiger partial charge < -0.3 is 26.2 Å². The van der Waals surface area contributed by atoms with Gasteiger partial charge in [0.25, 0.3) is 5.91 Å². The molecule has 8 heteroatoms. The van der Waals surface area contributed by atoms with Crippen LogP contribution in [0, 0.1) is 0 Å². The molecule has 2 aliphatic carbocycles. The van der Waals surface area contributed by atoms with E-state index in [9.17, 15) is 9.90 Å². The third-order valence-electron chi connectivity index (χ3n) is 5.77. The maximum atomic E-state index is 11.8. The van der Waals surface area contributed by atoms with Crippen molar-refractivity contribution in [1.29, 1.82) is 0 Å². The largest absolute Gasteiger partial charge is 0.393 e. The summed E-state index contributed by atoms with van der Waals surface area (Å²) in [5, 5.41) is 16.8. The fraction of sp³-hybridized carbons (Fsp3) is 0.737. The van der Waals surface area contributed by atoms with Crippen molar-refractivity contribution in [3.05, 3.63) is 11.8 Å². The number of hydrogen-bond acceptors (Lipinski definition) is 7. The van der Waals surface area contributed by atoms with Gasteiger partial charge in [-0.25, -0.2) is 4.98 Å². The molecule has 1 amide bonds. The van der Waals surface area contributed by atoms with Gasteiger partial charge in [-0.15, -0.1) is 0 Å². The monoisotopic (exact) mass is 377 g/mol. The summed E-state index contributed by atoms with van der Waals surface area (Å²) < 4.78 is 5.41. The summed E-state index contributed by atoms with van der Waals surface area (Å²) in [7, 11) is 1.75. The topological polar surface area (TPSA) is 122 Å². The third-order valence-corrected chi connectivity index (χ3v) is 5.77. The van der Waals surface area contributed by atoms with Gasteiger partial charge in [0.05, 0.1) is 17.8 Å². The molecule has 2 fully saturated rings. The van der Waals surface area contributed by atoms with E-state index >= 15 is 0 Å². The molecule has 0 radical (unpaired) electrons. The van der Waals surface area contributed by atoms with Gasteiger partial charge >= 0.3 is 0 Å². The van der Waals surface area contributed by atoms with Crippen LogP contribution in [0.15, 0.2) is 6.20 Å². The number of methoxy groups -OCH3 is 1. The minimum absolute atomic E-state index is 0.268. The Morgan fingerprint density at radius 3 is 2.70 bits per heavy atom. The van der Waals surface area contributed by atoms with Crippen molar-refractivity contribution in [2.45, 2.75) is 82.1 Å². The summed E-state index contributed by atoms with van der Waals surface area (Å²) in [5.74, 6) is 0.357. The molecule has 1 aromatic heterocycles. The number of nitrogens with zero attached hydrogens (tertiary/aromatic N) is 2. The molecule has 5 N–H and O–H groups in total. The maximum absolute atomic E-state index is 11.8. The molecule has 1 heterocycles. The van der Waals surface area contributed by atoms with Crippen molar-refractivity contribution in [1.82, 2.24) is 9.97 Å². The zero-order chi connectivity index (χ0) is 19.4. The van der Waals surface area contributed by atoms with Crippen LogP contribution in [-0.4, -0.2) is 51.9 Å². The lowest BCUT2D eigenvalue weighted by Crippen LogP contribution is -2.42. The van der Waals surface area contributed by atoms with E-state index in [2.05, 4.69) is 20.6 Å². The van der Waals surface area contributed by atoms with Crippen LogP contribution in [0.3, 0.4) is 0 Å². The van der Waals surface area contributed by atoms with Crippen LogP contribution >= 0.6 is 0 Å². The molecule has 2 atom stereocenters. The lowest BCUT2D eigenvalue weighted by molar-refractivity contribution is 0.0681. The Bertz CT molecular complexity index is 663. The molecule has 0 bridgehead atoms. The maximum Gasteiger partial charge on any atom is 0.254 e. The number of carbonyl (C=O) groups is 1. The predicted molar refractivity (Wildman–Crippen MR) is 104 cm³/mol. The highest BCUT2D eigenvalue weighted by atomic mass is 16.5. The number of aromatic nitrogens is 2. The van der Waals surface area contributed by atoms with E-state index in [1.807, 2.05) is 6.92 Å². The number of nitrogens with two attached hydrogens (primary N) is 1. The van der Waals surface area contributed by atoms with E-state index < -0.39 is 5.91 Å². The van der Waals surface area contributed by atoms with Crippen LogP contribution in [0.1, 0.15) is 68.6 Å². The van der Waals surface area contributed by atoms with E-state index in [4.69, 9.17) is 10.5 Å². The van der Waals surface area contributed by atoms with E-state index in [1.54, 1.807) is 7.11 Å². The normalized spacial score (nSPS) is 31.3. The Morgan fingerprint density at radius 2 is 2.07 bits per heavy atom. The third kappa shape index (κ3) is 5.07. The molecule has 8 nitrogen and oxygen atoms in total. The zero-order valence-electron chi connectivity index (χ0n) is 16.2. The fourth-order valence-electron chi connectivity index (χ4n) is 4.20. The Hall–Kier alpha value is -1.93. The number of hydrogen-bond donors (Lipinski definition) is 4. The van der Waals surface area contributed by atoms with Crippen molar-refractivity contribution in [2.75, 3.05) is 17.7 Å². The number of aliphatic hydroxyl groups is 1. The minimum atomic E-state index is -0.565. The number of ether oxygens (including phenoxy) is 1. The summed E-state index contributed by atoms with van der Waals surface area (Å²) in [4.78, 5) is 20.6. The number of primary amides is 1. The smallest absolute Gasteiger partial charge is 0.254 e. The first-order valence-corrected chi connectivity index (χ1v) is 9.81. The highest BCUT2D eigenvalue weighted by molar-refractivity contribution is 5.97. The van der Waals surface area contributed by atoms with E-state index in [0.717, 1.165) is 44.9 Å². The number of amides is 1. The number of aliphatic hydroxyl groups excluding tert-OH is 1. The quantitative estimate of drug-likeness (QED) is 0.598. The molecule has 0 spiro atoms. The van der Waals surface area contributed by atoms with Gasteiger partial charge in [0.2, 0.25) is 5.95 Å². The number of carbonyl (C=O) groups excluding carboxylic acids is 1. The van der Waals surface area contributed by atoms with Crippen LogP contribution in [0.5, 0.6) is 0 Å². The number of nitrogens with one attached hydrogen (secondary N) is 2. The second-order valence-corrected chi connectivity index (χ2v) is 8.11. The van der Waals surface area contributed by atoms with Crippen molar-refractivity contribution in [3.63, 3.8) is 0 Å². The first-order valence-electron chi connectivity index (χ1n) is 9.81. The Kier molecular flexibility index (Phi) is 6.16. The van der Waals surface area contributed by atoms with Crippen LogP contribution < -0.4 is 16.4 Å². The standard InChI is InChI=1S/C19H31N5O3/c1-19(9-3-4-13(25)10-19)24-17-15(16(20)26)11-21-18(23-17)22-12-5-7-14(27-2)8-6-12/h11-14,25H,3-10H2,1-2H3,(H2,20,26)(H2,21,22,23,24)/t12?,13-,14?,19+/m0/s1. The summed E-state index contributed by atoms with van der Waals surface area (Å²) in [6, 6.07) is 0.288. The van der Waals surface area contributed by atoms with Crippen LogP contribution in [0.2, 0.25) is 0 Å². The Labute approximate surface area is 160 Å². The van der Waals surface area contributed by atoms with Gasteiger partial charge in [0.1, 0.15) is 5.82 Å². The van der Waals surface area contributed by atoms with E-state index in [0.29, 0.717) is 24.3 Å². The number of anilines is 2. The summed E-state index contributed by atoms with van der Waals surface area (Å²) in [5.41, 5.74) is 5.45. The first kappa shape index (κ1) is 19.8. The van der Waals surface area contributed by atoms with Crippen molar-refractivity contribution < 1.29 is 14.6 Å². The Balaban J connectivity index is 1.74. The van der Waals surface area contributed by atoms with Gasteiger partial charge in [0, 0.05) is 24.9 Å². The van der Waals surface area contributed by atoms with Crippen LogP contribution in [0.25, 0.3) is 0 Å². The first-order chi connectivity index (χ1) is 12.9. The van der Waals surface area contributed by atoms with Crippen LogP contribution in [0.4, 0.5) is 11.8 Å². The molecule has 3 rings (SSSR count). The summed E-state index contributed by atoms with van der Waals surface area (Å²) in [6.07, 6.45) is 8.70. The lowest BCUT2D eigenvalue weighted by atomic mass is 9.81. The Morgan fingerprint density at radius 1 is 1.33 bits per heavy atom. The highest BCUT2D eigenvalue weighted by Gasteiger charge is 2.33. The molecule has 0 saturated heterocycles. The molecule has 27 heavy (non-hydrogen) atoms. The summed E-state index contributed by atoms with van der Waals surface area (Å²) in [6.45, 7) is 2.04. The second kappa shape index (κ2) is 8.39. The van der Waals surface area contributed by atoms with Gasteiger partial charge in [-0.3, -0.25) is 4.79 Å². The molecule has 1 aromatic rings. The molecule has 0 aromatic carbocycles. The van der Waals surface area contributed by atoms with Gasteiger partial charge in [-0.1, -0.05) is 0 Å². The van der Waals surface area contributed by atoms with Crippen molar-refractivity contribution in [3.8, 4) is 0 Å². The molecule has 2 aliphatic rings. The molecular weight excluding hydrogens is 346 g/mol. The van der Waals surface area contributed by atoms with Crippen LogP contribution in [-0.2, 0) is 4.74 Å². The molecule has 0 unspecified atom stereocenters. The van der Waals surface area contributed by atoms with E-state index in [1.165, 1.54) is 6.20 Å². The van der Waals surface area contributed by atoms with Gasteiger partial charge in [-0.05, 0) is 58.3 Å². The average Bonchev–Trinajstić information content (AvgIpc) is 2.61. The minimum Gasteiger partial charge on any atom is -0.393 e. The molecule has 2 saturated carbocycles. The predicted octanol–water partition coefficient (Wildman–Crippen LogP) is 2.05. The SMILES string of the molecule is COC1CCC(Nc2ncc(C(N)=O)c(N[C@]3(C)CCC[C@H](O)C3)n2)CC1. The highest BCUT2D eigenvalue weighted by Crippen LogP contribution is 2.32.